The molecule has 3 rings (SSSR count). The summed E-state index contributed by atoms with van der Waals surface area (Å²) in [5, 5.41) is 13.5. The average Bonchev–Trinajstić information content (AvgIpc) is 2.77. The van der Waals surface area contributed by atoms with Crippen LogP contribution in [0.5, 0.6) is 0 Å². The Kier molecular flexibility index (Phi) is 8.42. The number of benzene rings is 2. The fourth-order valence-corrected chi connectivity index (χ4v) is 4.87. The second-order valence-electron chi connectivity index (χ2n) is 7.23. The lowest BCUT2D eigenvalue weighted by atomic mass is 9.79. The van der Waals surface area contributed by atoms with Crippen LogP contribution in [-0.2, 0) is 15.1 Å². The number of ether oxygens (including phenoxy) is 2. The van der Waals surface area contributed by atoms with Crippen LogP contribution in [0, 0.1) is 0 Å². The van der Waals surface area contributed by atoms with Gasteiger partial charge < -0.3 is 19.9 Å². The monoisotopic (exact) mass is 435 g/mol. The van der Waals surface area contributed by atoms with Crippen molar-refractivity contribution in [2.75, 3.05) is 39.7 Å². The Morgan fingerprint density at radius 2 is 2.10 bits per heavy atom. The van der Waals surface area contributed by atoms with Gasteiger partial charge in [-0.25, -0.2) is 0 Å². The van der Waals surface area contributed by atoms with E-state index in [9.17, 15) is 5.11 Å². The normalized spacial score (nSPS) is 19.1. The van der Waals surface area contributed by atoms with Crippen molar-refractivity contribution in [3.8, 4) is 11.1 Å². The van der Waals surface area contributed by atoms with E-state index in [0.717, 1.165) is 42.5 Å². The Morgan fingerprint density at radius 3 is 2.79 bits per heavy atom. The number of thioether (sulfide) groups is 1. The van der Waals surface area contributed by atoms with Crippen molar-refractivity contribution in [1.82, 2.24) is 5.32 Å². The number of aliphatic hydroxyl groups excluding tert-OH is 1. The zero-order valence-electron chi connectivity index (χ0n) is 17.1. The first-order valence-corrected chi connectivity index (χ1v) is 11.7. The summed E-state index contributed by atoms with van der Waals surface area (Å²) in [5.74, 6) is 0. The summed E-state index contributed by atoms with van der Waals surface area (Å²) in [6.07, 6.45) is 4.24. The van der Waals surface area contributed by atoms with E-state index in [4.69, 9.17) is 21.1 Å². The van der Waals surface area contributed by atoms with Crippen molar-refractivity contribution >= 4 is 23.4 Å². The molecule has 29 heavy (non-hydrogen) atoms. The van der Waals surface area contributed by atoms with Crippen molar-refractivity contribution < 1.29 is 14.6 Å². The molecule has 0 aromatic heterocycles. The van der Waals surface area contributed by atoms with Gasteiger partial charge in [-0.05, 0) is 54.8 Å². The average molecular weight is 436 g/mol. The second-order valence-corrected chi connectivity index (χ2v) is 8.52. The van der Waals surface area contributed by atoms with E-state index < -0.39 is 5.60 Å². The largest absolute Gasteiger partial charge is 0.396 e. The molecule has 0 bridgehead atoms. The highest BCUT2D eigenvalue weighted by molar-refractivity contribution is 7.98. The predicted octanol–water partition coefficient (Wildman–Crippen LogP) is 4.72. The number of methoxy groups -OCH3 is 1. The first-order valence-electron chi connectivity index (χ1n) is 10.1. The predicted molar refractivity (Wildman–Crippen MR) is 121 cm³/mol. The number of halogens is 1. The summed E-state index contributed by atoms with van der Waals surface area (Å²) in [4.78, 5) is 1.19. The Hall–Kier alpha value is -1.08. The minimum Gasteiger partial charge on any atom is -0.396 e. The van der Waals surface area contributed by atoms with Crippen molar-refractivity contribution in [2.24, 2.45) is 0 Å². The number of hydrogen-bond acceptors (Lipinski definition) is 5. The number of unbranched alkanes of at least 4 members (excludes halogenated alkanes) is 1. The third-order valence-corrected chi connectivity index (χ3v) is 6.64. The maximum atomic E-state index is 9.34. The lowest BCUT2D eigenvalue weighted by molar-refractivity contribution is -0.149. The van der Waals surface area contributed by atoms with Gasteiger partial charge in [-0.3, -0.25) is 0 Å². The first kappa shape index (κ1) is 22.6. The molecule has 6 heteroatoms. The van der Waals surface area contributed by atoms with Crippen LogP contribution in [0.4, 0.5) is 0 Å². The molecule has 1 fully saturated rings. The van der Waals surface area contributed by atoms with Crippen molar-refractivity contribution in [3.63, 3.8) is 0 Å². The van der Waals surface area contributed by atoms with E-state index in [1.54, 1.807) is 18.9 Å². The number of morpholine rings is 1. The second kappa shape index (κ2) is 10.8. The zero-order chi connectivity index (χ0) is 20.7. The molecule has 2 atom stereocenters. The van der Waals surface area contributed by atoms with Gasteiger partial charge in [-0.1, -0.05) is 35.9 Å². The summed E-state index contributed by atoms with van der Waals surface area (Å²) in [5.41, 5.74) is 2.45. The fraction of sp³-hybridized carbons (Fsp3) is 0.478. The SMILES string of the molecule is CO[C@](CCCCO)(c1cccc(Cl)c1-c1cccc(SC)c1)[C@H]1CNCCO1. The van der Waals surface area contributed by atoms with Gasteiger partial charge in [-0.2, -0.15) is 0 Å². The Morgan fingerprint density at radius 1 is 1.28 bits per heavy atom. The van der Waals surface area contributed by atoms with Crippen molar-refractivity contribution in [1.29, 1.82) is 0 Å². The Labute approximate surface area is 182 Å². The van der Waals surface area contributed by atoms with E-state index >= 15 is 0 Å². The van der Waals surface area contributed by atoms with Gasteiger partial charge in [0.15, 0.2) is 0 Å². The van der Waals surface area contributed by atoms with E-state index in [0.29, 0.717) is 18.2 Å². The Bertz CT molecular complexity index is 797. The van der Waals surface area contributed by atoms with E-state index in [1.165, 1.54) is 4.90 Å². The van der Waals surface area contributed by atoms with Crippen LogP contribution in [0.1, 0.15) is 24.8 Å². The van der Waals surface area contributed by atoms with E-state index in [1.807, 2.05) is 12.1 Å². The van der Waals surface area contributed by atoms with Gasteiger partial charge in [-0.15, -0.1) is 11.8 Å². The number of aliphatic hydroxyl groups is 1. The molecular formula is C23H30ClNO3S. The molecule has 2 aromatic rings. The highest BCUT2D eigenvalue weighted by Crippen LogP contribution is 2.44. The van der Waals surface area contributed by atoms with Crippen LogP contribution in [0.2, 0.25) is 5.02 Å². The van der Waals surface area contributed by atoms with Crippen LogP contribution >= 0.6 is 23.4 Å². The molecule has 0 aliphatic carbocycles. The third kappa shape index (κ3) is 4.98. The number of nitrogens with one attached hydrogen (secondary N) is 1. The molecule has 0 unspecified atom stereocenters. The van der Waals surface area contributed by atoms with Gasteiger partial charge in [0.05, 0.1) is 6.61 Å². The quantitative estimate of drug-likeness (QED) is 0.440. The van der Waals surface area contributed by atoms with Gasteiger partial charge in [0, 0.05) is 42.3 Å². The van der Waals surface area contributed by atoms with Crippen LogP contribution in [0.25, 0.3) is 11.1 Å². The molecule has 0 radical (unpaired) electrons. The van der Waals surface area contributed by atoms with E-state index in [-0.39, 0.29) is 12.7 Å². The van der Waals surface area contributed by atoms with Crippen LogP contribution in [-0.4, -0.2) is 50.9 Å². The topological polar surface area (TPSA) is 50.7 Å². The van der Waals surface area contributed by atoms with E-state index in [2.05, 4.69) is 41.9 Å². The minimum absolute atomic E-state index is 0.138. The van der Waals surface area contributed by atoms with Gasteiger partial charge in [0.25, 0.3) is 0 Å². The van der Waals surface area contributed by atoms with Gasteiger partial charge in [0.2, 0.25) is 0 Å². The molecule has 1 saturated heterocycles. The molecule has 1 aliphatic heterocycles. The van der Waals surface area contributed by atoms with Gasteiger partial charge in [0.1, 0.15) is 11.7 Å². The molecule has 1 heterocycles. The van der Waals surface area contributed by atoms with Crippen LogP contribution < -0.4 is 5.32 Å². The lowest BCUT2D eigenvalue weighted by Crippen LogP contribution is -2.52. The summed E-state index contributed by atoms with van der Waals surface area (Å²) in [7, 11) is 1.75. The van der Waals surface area contributed by atoms with Crippen LogP contribution in [0.15, 0.2) is 47.4 Å². The molecular weight excluding hydrogens is 406 g/mol. The van der Waals surface area contributed by atoms with Crippen molar-refractivity contribution in [2.45, 2.75) is 35.9 Å². The van der Waals surface area contributed by atoms with Crippen molar-refractivity contribution in [3.05, 3.63) is 53.1 Å². The first-order chi connectivity index (χ1) is 14.2. The number of hydrogen-bond donors (Lipinski definition) is 2. The summed E-state index contributed by atoms with van der Waals surface area (Å²) >= 11 is 8.47. The summed E-state index contributed by atoms with van der Waals surface area (Å²) < 4.78 is 12.5. The Balaban J connectivity index is 2.15. The summed E-state index contributed by atoms with van der Waals surface area (Å²) in [6, 6.07) is 14.4. The van der Waals surface area contributed by atoms with Crippen LogP contribution in [0.3, 0.4) is 0 Å². The molecule has 1 aliphatic rings. The molecule has 2 aromatic carbocycles. The van der Waals surface area contributed by atoms with Gasteiger partial charge >= 0.3 is 0 Å². The standard InChI is InChI=1S/C23H30ClNO3S/c1-27-23(11-3-4-13-26,21-16-25-12-14-28-21)19-9-6-10-20(24)22(19)17-7-5-8-18(15-17)29-2/h5-10,15,21,25-26H,3-4,11-14,16H2,1-2H3/t21-,23-/m1/s1. The third-order valence-electron chi connectivity index (χ3n) is 5.60. The molecule has 0 saturated carbocycles. The highest BCUT2D eigenvalue weighted by atomic mass is 35.5. The molecule has 2 N–H and O–H groups in total. The minimum atomic E-state index is -0.655. The maximum absolute atomic E-state index is 9.34. The maximum Gasteiger partial charge on any atom is 0.121 e. The molecule has 158 valence electrons. The fourth-order valence-electron chi connectivity index (χ4n) is 4.13. The molecule has 4 nitrogen and oxygen atoms in total. The molecule has 0 amide bonds. The smallest absolute Gasteiger partial charge is 0.121 e. The molecule has 0 spiro atoms. The number of rotatable bonds is 9. The lowest BCUT2D eigenvalue weighted by Gasteiger charge is -2.43. The summed E-state index contributed by atoms with van der Waals surface area (Å²) in [6.45, 7) is 2.37. The zero-order valence-corrected chi connectivity index (χ0v) is 18.7. The highest BCUT2D eigenvalue weighted by Gasteiger charge is 2.44.